The van der Waals surface area contributed by atoms with Crippen LogP contribution in [0.5, 0.6) is 0 Å². The van der Waals surface area contributed by atoms with E-state index in [9.17, 15) is 0 Å². The van der Waals surface area contributed by atoms with E-state index in [1.807, 2.05) is 0 Å². The summed E-state index contributed by atoms with van der Waals surface area (Å²) >= 11 is 0. The Labute approximate surface area is 73.4 Å². The van der Waals surface area contributed by atoms with Crippen molar-refractivity contribution >= 4 is 0 Å². The third kappa shape index (κ3) is 3.06. The SMILES string of the molecule is COCOC[C@@H]1COCCN1C. The van der Waals surface area contributed by atoms with Crippen LogP contribution in [0.1, 0.15) is 0 Å². The molecule has 4 heteroatoms. The molecular weight excluding hydrogens is 158 g/mol. The first-order valence-electron chi connectivity index (χ1n) is 4.19. The Kier molecular flexibility index (Phi) is 4.53. The summed E-state index contributed by atoms with van der Waals surface area (Å²) in [6, 6.07) is 0.383. The van der Waals surface area contributed by atoms with Gasteiger partial charge in [0.2, 0.25) is 0 Å². The van der Waals surface area contributed by atoms with Crippen molar-refractivity contribution in [1.82, 2.24) is 4.90 Å². The summed E-state index contributed by atoms with van der Waals surface area (Å²) in [4.78, 5) is 2.25. The average molecular weight is 175 g/mol. The topological polar surface area (TPSA) is 30.9 Å². The summed E-state index contributed by atoms with van der Waals surface area (Å²) in [5.74, 6) is 0. The Balaban J connectivity index is 2.11. The van der Waals surface area contributed by atoms with Crippen molar-refractivity contribution in [3.8, 4) is 0 Å². The Hall–Kier alpha value is -0.160. The maximum Gasteiger partial charge on any atom is 0.146 e. The van der Waals surface area contributed by atoms with Gasteiger partial charge in [0.1, 0.15) is 6.79 Å². The first-order chi connectivity index (χ1) is 5.84. The van der Waals surface area contributed by atoms with Gasteiger partial charge in [-0.2, -0.15) is 0 Å². The van der Waals surface area contributed by atoms with Crippen LogP contribution in [0.4, 0.5) is 0 Å². The van der Waals surface area contributed by atoms with Crippen LogP contribution >= 0.6 is 0 Å². The molecule has 1 atom stereocenters. The highest BCUT2D eigenvalue weighted by atomic mass is 16.7. The number of likely N-dealkylation sites (N-methyl/N-ethyl adjacent to an activating group) is 1. The zero-order chi connectivity index (χ0) is 8.81. The molecule has 0 radical (unpaired) electrons. The monoisotopic (exact) mass is 175 g/mol. The summed E-state index contributed by atoms with van der Waals surface area (Å²) in [7, 11) is 3.71. The summed E-state index contributed by atoms with van der Waals surface area (Å²) in [5, 5.41) is 0. The molecule has 0 aliphatic carbocycles. The minimum atomic E-state index is 0.365. The van der Waals surface area contributed by atoms with Crippen LogP contribution in [-0.4, -0.2) is 58.3 Å². The first kappa shape index (κ1) is 9.92. The van der Waals surface area contributed by atoms with Crippen LogP contribution < -0.4 is 0 Å². The Morgan fingerprint density at radius 3 is 3.08 bits per heavy atom. The molecule has 1 fully saturated rings. The second-order valence-corrected chi connectivity index (χ2v) is 2.99. The summed E-state index contributed by atoms with van der Waals surface area (Å²) in [6.07, 6.45) is 0. The molecule has 0 unspecified atom stereocenters. The lowest BCUT2D eigenvalue weighted by Crippen LogP contribution is -2.45. The Morgan fingerprint density at radius 1 is 1.58 bits per heavy atom. The van der Waals surface area contributed by atoms with Gasteiger partial charge in [0.25, 0.3) is 0 Å². The van der Waals surface area contributed by atoms with Gasteiger partial charge in [-0.25, -0.2) is 0 Å². The second kappa shape index (κ2) is 5.48. The van der Waals surface area contributed by atoms with E-state index in [2.05, 4.69) is 11.9 Å². The molecule has 0 N–H and O–H groups in total. The molecule has 1 aliphatic heterocycles. The van der Waals surface area contributed by atoms with Crippen molar-refractivity contribution in [3.63, 3.8) is 0 Å². The smallest absolute Gasteiger partial charge is 0.146 e. The summed E-state index contributed by atoms with van der Waals surface area (Å²) in [5.41, 5.74) is 0. The van der Waals surface area contributed by atoms with Gasteiger partial charge >= 0.3 is 0 Å². The van der Waals surface area contributed by atoms with Crippen LogP contribution in [0.25, 0.3) is 0 Å². The molecule has 12 heavy (non-hydrogen) atoms. The number of methoxy groups -OCH3 is 1. The largest absolute Gasteiger partial charge is 0.378 e. The van der Waals surface area contributed by atoms with Gasteiger partial charge in [-0.1, -0.05) is 0 Å². The van der Waals surface area contributed by atoms with Gasteiger partial charge in [0.05, 0.1) is 25.9 Å². The normalized spacial score (nSPS) is 26.0. The molecule has 0 aromatic carbocycles. The highest BCUT2D eigenvalue weighted by Crippen LogP contribution is 2.03. The number of hydrogen-bond acceptors (Lipinski definition) is 4. The molecule has 0 saturated carbocycles. The quantitative estimate of drug-likeness (QED) is 0.442. The Morgan fingerprint density at radius 2 is 2.42 bits per heavy atom. The minimum absolute atomic E-state index is 0.365. The van der Waals surface area contributed by atoms with Crippen LogP contribution in [0.2, 0.25) is 0 Å². The highest BCUT2D eigenvalue weighted by molar-refractivity contribution is 4.71. The van der Waals surface area contributed by atoms with Crippen molar-refractivity contribution in [2.75, 3.05) is 47.3 Å². The molecule has 1 heterocycles. The van der Waals surface area contributed by atoms with Gasteiger partial charge < -0.3 is 14.2 Å². The fourth-order valence-corrected chi connectivity index (χ4v) is 1.18. The van der Waals surface area contributed by atoms with E-state index in [4.69, 9.17) is 14.2 Å². The third-order valence-electron chi connectivity index (χ3n) is 2.03. The average Bonchev–Trinajstić information content (AvgIpc) is 2.09. The molecule has 0 spiro atoms. The molecular formula is C8H17NO3. The predicted molar refractivity (Wildman–Crippen MR) is 45.1 cm³/mol. The van der Waals surface area contributed by atoms with Gasteiger partial charge in [0.15, 0.2) is 0 Å². The number of ether oxygens (including phenoxy) is 3. The maximum atomic E-state index is 5.32. The van der Waals surface area contributed by atoms with Crippen molar-refractivity contribution in [2.45, 2.75) is 6.04 Å². The molecule has 0 aromatic rings. The van der Waals surface area contributed by atoms with E-state index in [-0.39, 0.29) is 0 Å². The zero-order valence-corrected chi connectivity index (χ0v) is 7.78. The number of rotatable bonds is 4. The molecule has 1 saturated heterocycles. The number of morpholine rings is 1. The second-order valence-electron chi connectivity index (χ2n) is 2.99. The van der Waals surface area contributed by atoms with Crippen LogP contribution in [0.3, 0.4) is 0 Å². The van der Waals surface area contributed by atoms with E-state index >= 15 is 0 Å². The summed E-state index contributed by atoms with van der Waals surface area (Å²) in [6.45, 7) is 3.63. The van der Waals surface area contributed by atoms with E-state index in [0.29, 0.717) is 19.4 Å². The highest BCUT2D eigenvalue weighted by Gasteiger charge is 2.18. The van der Waals surface area contributed by atoms with E-state index in [1.165, 1.54) is 0 Å². The van der Waals surface area contributed by atoms with Crippen LogP contribution in [-0.2, 0) is 14.2 Å². The predicted octanol–water partition coefficient (Wildman–Crippen LogP) is -0.0625. The zero-order valence-electron chi connectivity index (χ0n) is 7.78. The fraction of sp³-hybridized carbons (Fsp3) is 1.00. The van der Waals surface area contributed by atoms with Gasteiger partial charge in [-0.05, 0) is 7.05 Å². The maximum absolute atomic E-state index is 5.32. The lowest BCUT2D eigenvalue weighted by Gasteiger charge is -2.31. The fourth-order valence-electron chi connectivity index (χ4n) is 1.18. The lowest BCUT2D eigenvalue weighted by molar-refractivity contribution is -0.0787. The lowest BCUT2D eigenvalue weighted by atomic mass is 10.2. The molecule has 0 aromatic heterocycles. The molecule has 72 valence electrons. The standard InChI is InChI=1S/C8H17NO3/c1-9-3-4-11-5-8(9)6-12-7-10-2/h8H,3-7H2,1-2H3/t8-/m0/s1. The molecule has 1 rings (SSSR count). The van der Waals surface area contributed by atoms with Gasteiger partial charge in [-0.15, -0.1) is 0 Å². The van der Waals surface area contributed by atoms with Gasteiger partial charge in [0, 0.05) is 13.7 Å². The molecule has 0 amide bonds. The van der Waals surface area contributed by atoms with Crippen molar-refractivity contribution in [1.29, 1.82) is 0 Å². The third-order valence-corrected chi connectivity index (χ3v) is 2.03. The van der Waals surface area contributed by atoms with Crippen molar-refractivity contribution in [3.05, 3.63) is 0 Å². The van der Waals surface area contributed by atoms with Crippen molar-refractivity contribution < 1.29 is 14.2 Å². The van der Waals surface area contributed by atoms with Gasteiger partial charge in [-0.3, -0.25) is 4.90 Å². The summed E-state index contributed by atoms with van der Waals surface area (Å²) < 4.78 is 15.4. The minimum Gasteiger partial charge on any atom is -0.378 e. The number of hydrogen-bond donors (Lipinski definition) is 0. The molecule has 4 nitrogen and oxygen atoms in total. The first-order valence-corrected chi connectivity index (χ1v) is 4.19. The number of nitrogens with zero attached hydrogens (tertiary/aromatic N) is 1. The van der Waals surface area contributed by atoms with E-state index in [1.54, 1.807) is 7.11 Å². The molecule has 0 bridgehead atoms. The van der Waals surface area contributed by atoms with Crippen LogP contribution in [0, 0.1) is 0 Å². The van der Waals surface area contributed by atoms with E-state index in [0.717, 1.165) is 19.8 Å². The van der Waals surface area contributed by atoms with E-state index < -0.39 is 0 Å². The van der Waals surface area contributed by atoms with Crippen LogP contribution in [0.15, 0.2) is 0 Å². The molecule has 1 aliphatic rings. The van der Waals surface area contributed by atoms with Crippen molar-refractivity contribution in [2.24, 2.45) is 0 Å². The Bertz CT molecular complexity index is 121.